The molecule has 0 aliphatic rings. The van der Waals surface area contributed by atoms with Crippen LogP contribution < -0.4 is 24.4 Å². The Morgan fingerprint density at radius 2 is 1.68 bits per heavy atom. The van der Waals surface area contributed by atoms with Gasteiger partial charge in [-0.15, -0.1) is 0 Å². The number of fused-ring (bicyclic) bond motifs is 1. The molecule has 0 aliphatic carbocycles. The van der Waals surface area contributed by atoms with E-state index in [9.17, 15) is 14.7 Å². The first kappa shape index (κ1) is 22.0. The summed E-state index contributed by atoms with van der Waals surface area (Å²) in [5.41, 5.74) is -0.662. The van der Waals surface area contributed by atoms with Gasteiger partial charge in [0.05, 0.1) is 26.7 Å². The molecule has 0 amide bonds. The molecule has 1 N–H and O–H groups in total. The van der Waals surface area contributed by atoms with E-state index >= 15 is 0 Å². The number of methoxy groups -OCH3 is 3. The second kappa shape index (κ2) is 8.22. The smallest absolute Gasteiger partial charge is 0.316 e. The summed E-state index contributed by atoms with van der Waals surface area (Å²) in [4.78, 5) is 25.2. The number of hydrogen-bond acceptors (Lipinski definition) is 8. The summed E-state index contributed by atoms with van der Waals surface area (Å²) in [5.74, 6) is 0.160. The van der Waals surface area contributed by atoms with E-state index in [4.69, 9.17) is 23.4 Å². The van der Waals surface area contributed by atoms with Crippen molar-refractivity contribution in [2.45, 2.75) is 20.8 Å². The van der Waals surface area contributed by atoms with Crippen molar-refractivity contribution in [1.29, 1.82) is 0 Å². The summed E-state index contributed by atoms with van der Waals surface area (Å²) in [6.07, 6.45) is 0. The number of carbonyl (C=O) groups excluding carboxylic acids is 1. The molecule has 1 aromatic heterocycles. The molecule has 0 aliphatic heterocycles. The van der Waals surface area contributed by atoms with Gasteiger partial charge in [-0.2, -0.15) is 0 Å². The second-order valence-electron chi connectivity index (χ2n) is 7.82. The van der Waals surface area contributed by atoms with Crippen LogP contribution in [0.25, 0.3) is 22.3 Å². The summed E-state index contributed by atoms with van der Waals surface area (Å²) in [6.45, 7) is 5.23. The van der Waals surface area contributed by atoms with Crippen molar-refractivity contribution in [2.24, 2.45) is 5.41 Å². The summed E-state index contributed by atoms with van der Waals surface area (Å²) < 4.78 is 27.2. The molecule has 2 aromatic carbocycles. The molecule has 1 heterocycles. The zero-order valence-electron chi connectivity index (χ0n) is 18.2. The maximum Gasteiger partial charge on any atom is 0.316 e. The standard InChI is InChI=1S/C23H24O8/c1-23(2,3)22(26)31-15-8-7-12(9-16(15)28-5)20-21(29-6)19(25)18-14(24)10-13(27-4)11-17(18)30-20/h7-11,24H,1-6H3. The van der Waals surface area contributed by atoms with Crippen molar-refractivity contribution in [2.75, 3.05) is 21.3 Å². The fraction of sp³-hybridized carbons (Fsp3) is 0.304. The molecule has 0 radical (unpaired) electrons. The maximum absolute atomic E-state index is 13.0. The molecule has 164 valence electrons. The third kappa shape index (κ3) is 4.14. The molecule has 0 fully saturated rings. The van der Waals surface area contributed by atoms with Crippen LogP contribution in [0.15, 0.2) is 39.5 Å². The zero-order chi connectivity index (χ0) is 22.9. The molecular weight excluding hydrogens is 404 g/mol. The van der Waals surface area contributed by atoms with E-state index in [2.05, 4.69) is 0 Å². The molecule has 0 unspecified atom stereocenters. The average Bonchev–Trinajstić information content (AvgIpc) is 2.72. The number of rotatable bonds is 5. The van der Waals surface area contributed by atoms with Gasteiger partial charge in [0.25, 0.3) is 0 Å². The van der Waals surface area contributed by atoms with Gasteiger partial charge in [0, 0.05) is 17.7 Å². The highest BCUT2D eigenvalue weighted by Gasteiger charge is 2.26. The summed E-state index contributed by atoms with van der Waals surface area (Å²) in [5, 5.41) is 10.2. The third-order valence-corrected chi connectivity index (χ3v) is 4.59. The highest BCUT2D eigenvalue weighted by molar-refractivity contribution is 5.88. The van der Waals surface area contributed by atoms with Gasteiger partial charge < -0.3 is 28.5 Å². The predicted molar refractivity (Wildman–Crippen MR) is 114 cm³/mol. The molecule has 3 aromatic rings. The van der Waals surface area contributed by atoms with Crippen molar-refractivity contribution in [3.8, 4) is 40.1 Å². The molecule has 0 saturated carbocycles. The SMILES string of the molecule is COc1cc(O)c2c(=O)c(OC)c(-c3ccc(OC(=O)C(C)(C)C)c(OC)c3)oc2c1. The van der Waals surface area contributed by atoms with Crippen LogP contribution >= 0.6 is 0 Å². The van der Waals surface area contributed by atoms with Gasteiger partial charge in [0.15, 0.2) is 17.3 Å². The van der Waals surface area contributed by atoms with Crippen molar-refractivity contribution < 1.29 is 33.3 Å². The van der Waals surface area contributed by atoms with Crippen LogP contribution in [-0.2, 0) is 4.79 Å². The Morgan fingerprint density at radius 3 is 2.26 bits per heavy atom. The minimum Gasteiger partial charge on any atom is -0.507 e. The van der Waals surface area contributed by atoms with E-state index in [0.717, 1.165) is 0 Å². The van der Waals surface area contributed by atoms with Gasteiger partial charge in [-0.1, -0.05) is 0 Å². The van der Waals surface area contributed by atoms with Crippen molar-refractivity contribution in [3.63, 3.8) is 0 Å². The van der Waals surface area contributed by atoms with E-state index in [0.29, 0.717) is 11.3 Å². The molecule has 8 heteroatoms. The Morgan fingerprint density at radius 1 is 0.968 bits per heavy atom. The highest BCUT2D eigenvalue weighted by Crippen LogP contribution is 2.39. The van der Waals surface area contributed by atoms with Crippen LogP contribution in [0.3, 0.4) is 0 Å². The molecular formula is C23H24O8. The van der Waals surface area contributed by atoms with Gasteiger partial charge in [0.2, 0.25) is 11.2 Å². The molecule has 0 spiro atoms. The number of phenols is 1. The first-order valence-electron chi connectivity index (χ1n) is 9.43. The molecule has 3 rings (SSSR count). The largest absolute Gasteiger partial charge is 0.507 e. The topological polar surface area (TPSA) is 104 Å². The number of ether oxygens (including phenoxy) is 4. The molecule has 31 heavy (non-hydrogen) atoms. The minimum atomic E-state index is -0.695. The third-order valence-electron chi connectivity index (χ3n) is 4.59. The Labute approximate surface area is 178 Å². The summed E-state index contributed by atoms with van der Waals surface area (Å²) >= 11 is 0. The lowest BCUT2D eigenvalue weighted by Crippen LogP contribution is -2.25. The first-order valence-corrected chi connectivity index (χ1v) is 9.43. The Kier molecular flexibility index (Phi) is 5.83. The van der Waals surface area contributed by atoms with E-state index in [1.807, 2.05) is 0 Å². The minimum absolute atomic E-state index is 0.0240. The zero-order valence-corrected chi connectivity index (χ0v) is 18.2. The lowest BCUT2D eigenvalue weighted by molar-refractivity contribution is -0.143. The number of benzene rings is 2. The fourth-order valence-corrected chi connectivity index (χ4v) is 2.90. The number of phenolic OH excluding ortho intramolecular Hbond substituents is 1. The van der Waals surface area contributed by atoms with E-state index in [1.165, 1.54) is 33.5 Å². The molecule has 0 bridgehead atoms. The quantitative estimate of drug-likeness (QED) is 0.478. The highest BCUT2D eigenvalue weighted by atomic mass is 16.6. The predicted octanol–water partition coefficient (Wildman–Crippen LogP) is 4.14. The molecule has 8 nitrogen and oxygen atoms in total. The van der Waals surface area contributed by atoms with Crippen LogP contribution in [-0.4, -0.2) is 32.4 Å². The monoisotopic (exact) mass is 428 g/mol. The summed E-state index contributed by atoms with van der Waals surface area (Å²) in [7, 11) is 4.20. The van der Waals surface area contributed by atoms with Gasteiger partial charge >= 0.3 is 5.97 Å². The van der Waals surface area contributed by atoms with Gasteiger partial charge in [0.1, 0.15) is 22.5 Å². The van der Waals surface area contributed by atoms with E-state index in [1.54, 1.807) is 39.0 Å². The van der Waals surface area contributed by atoms with Crippen molar-refractivity contribution >= 4 is 16.9 Å². The number of hydrogen-bond donors (Lipinski definition) is 1. The fourth-order valence-electron chi connectivity index (χ4n) is 2.90. The van der Waals surface area contributed by atoms with Crippen molar-refractivity contribution in [1.82, 2.24) is 0 Å². The van der Waals surface area contributed by atoms with Gasteiger partial charge in [-0.3, -0.25) is 9.59 Å². The Balaban J connectivity index is 2.19. The number of aromatic hydroxyl groups is 1. The van der Waals surface area contributed by atoms with Gasteiger partial charge in [-0.25, -0.2) is 0 Å². The Hall–Kier alpha value is -3.68. The number of esters is 1. The Bertz CT molecular complexity index is 1200. The number of carbonyl (C=O) groups is 1. The lowest BCUT2D eigenvalue weighted by atomic mass is 9.97. The molecule has 0 atom stereocenters. The van der Waals surface area contributed by atoms with Crippen LogP contribution in [0.5, 0.6) is 28.7 Å². The van der Waals surface area contributed by atoms with Crippen LogP contribution in [0.1, 0.15) is 20.8 Å². The van der Waals surface area contributed by atoms with Crippen LogP contribution in [0, 0.1) is 5.41 Å². The summed E-state index contributed by atoms with van der Waals surface area (Å²) in [6, 6.07) is 7.54. The second-order valence-corrected chi connectivity index (χ2v) is 7.82. The van der Waals surface area contributed by atoms with Crippen LogP contribution in [0.2, 0.25) is 0 Å². The van der Waals surface area contributed by atoms with E-state index in [-0.39, 0.29) is 39.7 Å². The van der Waals surface area contributed by atoms with Crippen LogP contribution in [0.4, 0.5) is 0 Å². The lowest BCUT2D eigenvalue weighted by Gasteiger charge is -2.18. The van der Waals surface area contributed by atoms with Crippen molar-refractivity contribution in [3.05, 3.63) is 40.6 Å². The van der Waals surface area contributed by atoms with Gasteiger partial charge in [-0.05, 0) is 39.0 Å². The van der Waals surface area contributed by atoms with E-state index < -0.39 is 16.8 Å². The maximum atomic E-state index is 13.0. The average molecular weight is 428 g/mol. The first-order chi connectivity index (χ1) is 14.6. The molecule has 0 saturated heterocycles. The normalized spacial score (nSPS) is 11.3.